The van der Waals surface area contributed by atoms with Crippen molar-refractivity contribution in [3.8, 4) is 0 Å². The van der Waals surface area contributed by atoms with E-state index in [4.69, 9.17) is 0 Å². The number of carboxylic acids is 1. The van der Waals surface area contributed by atoms with Gasteiger partial charge in [-0.2, -0.15) is 10.2 Å². The Labute approximate surface area is 116 Å². The van der Waals surface area contributed by atoms with Gasteiger partial charge in [-0.25, -0.2) is 4.79 Å². The van der Waals surface area contributed by atoms with Crippen molar-refractivity contribution in [2.75, 3.05) is 11.9 Å². The summed E-state index contributed by atoms with van der Waals surface area (Å²) in [5.74, 6) is -0.706. The zero-order valence-corrected chi connectivity index (χ0v) is 11.7. The quantitative estimate of drug-likeness (QED) is 0.857. The highest BCUT2D eigenvalue weighted by molar-refractivity contribution is 5.94. The normalized spacial score (nSPS) is 10.6. The summed E-state index contributed by atoms with van der Waals surface area (Å²) in [4.78, 5) is 11.3. The van der Waals surface area contributed by atoms with Gasteiger partial charge >= 0.3 is 5.97 Å². The molecule has 0 fully saturated rings. The summed E-state index contributed by atoms with van der Waals surface area (Å²) < 4.78 is 1.79. The minimum absolute atomic E-state index is 0.175. The van der Waals surface area contributed by atoms with Crippen LogP contribution in [0.4, 0.5) is 5.82 Å². The Morgan fingerprint density at radius 3 is 2.70 bits per heavy atom. The maximum atomic E-state index is 11.3. The van der Waals surface area contributed by atoms with Crippen molar-refractivity contribution in [1.29, 1.82) is 0 Å². The van der Waals surface area contributed by atoms with Crippen LogP contribution >= 0.6 is 0 Å². The Morgan fingerprint density at radius 2 is 2.10 bits per heavy atom. The third-order valence-electron chi connectivity index (χ3n) is 3.06. The summed E-state index contributed by atoms with van der Waals surface area (Å²) in [6, 6.07) is 0. The zero-order chi connectivity index (χ0) is 14.7. The van der Waals surface area contributed by atoms with E-state index in [0.717, 1.165) is 5.56 Å². The predicted molar refractivity (Wildman–Crippen MR) is 73.9 cm³/mol. The van der Waals surface area contributed by atoms with Crippen LogP contribution in [0, 0.1) is 20.8 Å². The average Bonchev–Trinajstić information content (AvgIpc) is 2.79. The van der Waals surface area contributed by atoms with E-state index in [-0.39, 0.29) is 5.56 Å². The van der Waals surface area contributed by atoms with Gasteiger partial charge in [-0.15, -0.1) is 5.10 Å². The minimum atomic E-state index is -1.00. The molecule has 2 heterocycles. The van der Waals surface area contributed by atoms with Crippen molar-refractivity contribution in [2.45, 2.75) is 27.3 Å². The molecule has 2 aromatic heterocycles. The molecule has 0 aromatic carbocycles. The van der Waals surface area contributed by atoms with E-state index in [1.807, 2.05) is 13.1 Å². The van der Waals surface area contributed by atoms with Crippen molar-refractivity contribution in [3.63, 3.8) is 0 Å². The lowest BCUT2D eigenvalue weighted by Gasteiger charge is -2.11. The molecule has 7 heteroatoms. The van der Waals surface area contributed by atoms with Crippen LogP contribution in [0.3, 0.4) is 0 Å². The van der Waals surface area contributed by atoms with Crippen LogP contribution in [0.15, 0.2) is 12.4 Å². The van der Waals surface area contributed by atoms with Crippen molar-refractivity contribution >= 4 is 11.8 Å². The third kappa shape index (κ3) is 2.93. The topological polar surface area (TPSA) is 92.9 Å². The van der Waals surface area contributed by atoms with Crippen LogP contribution < -0.4 is 5.32 Å². The second-order valence-corrected chi connectivity index (χ2v) is 4.65. The van der Waals surface area contributed by atoms with E-state index in [9.17, 15) is 9.90 Å². The molecule has 0 unspecified atom stereocenters. The smallest absolute Gasteiger partial charge is 0.339 e. The maximum Gasteiger partial charge on any atom is 0.339 e. The molecule has 0 atom stereocenters. The Balaban J connectivity index is 2.09. The monoisotopic (exact) mass is 275 g/mol. The highest BCUT2D eigenvalue weighted by Gasteiger charge is 2.17. The van der Waals surface area contributed by atoms with Gasteiger partial charge in [-0.1, -0.05) is 0 Å². The van der Waals surface area contributed by atoms with Gasteiger partial charge in [-0.05, 0) is 31.9 Å². The van der Waals surface area contributed by atoms with Gasteiger partial charge in [0, 0.05) is 12.7 Å². The molecular formula is C13H17N5O2. The lowest BCUT2D eigenvalue weighted by Crippen LogP contribution is -2.16. The minimum Gasteiger partial charge on any atom is -0.478 e. The van der Waals surface area contributed by atoms with Crippen LogP contribution in [0.25, 0.3) is 0 Å². The van der Waals surface area contributed by atoms with Gasteiger partial charge in [0.25, 0.3) is 0 Å². The molecule has 0 amide bonds. The molecule has 0 aliphatic heterocycles. The van der Waals surface area contributed by atoms with Crippen molar-refractivity contribution < 1.29 is 9.90 Å². The summed E-state index contributed by atoms with van der Waals surface area (Å²) in [7, 11) is 0. The fourth-order valence-electron chi connectivity index (χ4n) is 1.87. The SMILES string of the molecule is Cc1cnn(CCNc2nnc(C)c(C)c2C(=O)O)c1. The van der Waals surface area contributed by atoms with Crippen LogP contribution in [-0.4, -0.2) is 37.6 Å². The number of carbonyl (C=O) groups is 1. The number of anilines is 1. The number of nitrogens with zero attached hydrogens (tertiary/aromatic N) is 4. The van der Waals surface area contributed by atoms with Crippen LogP contribution in [0.2, 0.25) is 0 Å². The molecule has 0 aliphatic carbocycles. The van der Waals surface area contributed by atoms with Gasteiger partial charge in [0.15, 0.2) is 5.82 Å². The Kier molecular flexibility index (Phi) is 3.97. The largest absolute Gasteiger partial charge is 0.478 e. The van der Waals surface area contributed by atoms with Crippen LogP contribution in [0.1, 0.15) is 27.2 Å². The van der Waals surface area contributed by atoms with Crippen molar-refractivity contribution in [3.05, 3.63) is 34.8 Å². The molecule has 20 heavy (non-hydrogen) atoms. The highest BCUT2D eigenvalue weighted by atomic mass is 16.4. The molecule has 7 nitrogen and oxygen atoms in total. The second-order valence-electron chi connectivity index (χ2n) is 4.65. The number of rotatable bonds is 5. The molecule has 106 valence electrons. The predicted octanol–water partition coefficient (Wildman–Crippen LogP) is 1.41. The van der Waals surface area contributed by atoms with Crippen LogP contribution in [-0.2, 0) is 6.54 Å². The Hall–Kier alpha value is -2.44. The first-order valence-corrected chi connectivity index (χ1v) is 6.29. The van der Waals surface area contributed by atoms with E-state index >= 15 is 0 Å². The number of aryl methyl sites for hydroxylation is 2. The Bertz CT molecular complexity index is 636. The number of carboxylic acid groups (broad SMARTS) is 1. The summed E-state index contributed by atoms with van der Waals surface area (Å²) >= 11 is 0. The zero-order valence-electron chi connectivity index (χ0n) is 11.7. The van der Waals surface area contributed by atoms with Gasteiger partial charge < -0.3 is 10.4 Å². The summed E-state index contributed by atoms with van der Waals surface area (Å²) in [5, 5.41) is 24.3. The fourth-order valence-corrected chi connectivity index (χ4v) is 1.87. The second kappa shape index (κ2) is 5.68. The average molecular weight is 275 g/mol. The lowest BCUT2D eigenvalue weighted by molar-refractivity contribution is 0.0696. The fraction of sp³-hybridized carbons (Fsp3) is 0.385. The molecule has 2 rings (SSSR count). The van der Waals surface area contributed by atoms with E-state index in [0.29, 0.717) is 30.2 Å². The van der Waals surface area contributed by atoms with Gasteiger partial charge in [0.1, 0.15) is 5.56 Å². The summed E-state index contributed by atoms with van der Waals surface area (Å²) in [5.41, 5.74) is 2.51. The molecule has 0 spiro atoms. The first kappa shape index (κ1) is 14.0. The Morgan fingerprint density at radius 1 is 1.35 bits per heavy atom. The number of aromatic carboxylic acids is 1. The van der Waals surface area contributed by atoms with E-state index in [1.165, 1.54) is 0 Å². The van der Waals surface area contributed by atoms with Crippen molar-refractivity contribution in [2.24, 2.45) is 0 Å². The first-order chi connectivity index (χ1) is 9.49. The third-order valence-corrected chi connectivity index (χ3v) is 3.06. The van der Waals surface area contributed by atoms with E-state index in [1.54, 1.807) is 24.7 Å². The van der Waals surface area contributed by atoms with Gasteiger partial charge in [-0.3, -0.25) is 4.68 Å². The van der Waals surface area contributed by atoms with E-state index < -0.39 is 5.97 Å². The van der Waals surface area contributed by atoms with Crippen LogP contribution in [0.5, 0.6) is 0 Å². The van der Waals surface area contributed by atoms with Crippen molar-refractivity contribution in [1.82, 2.24) is 20.0 Å². The summed E-state index contributed by atoms with van der Waals surface area (Å²) in [6.45, 7) is 6.59. The number of hydrogen-bond donors (Lipinski definition) is 2. The first-order valence-electron chi connectivity index (χ1n) is 6.29. The maximum absolute atomic E-state index is 11.3. The standard InChI is InChI=1S/C13H17N5O2/c1-8-6-15-18(7-8)5-4-14-12-11(13(19)20)9(2)10(3)16-17-12/h6-7H,4-5H2,1-3H3,(H,14,17)(H,19,20). The molecule has 2 aromatic rings. The number of aromatic nitrogens is 4. The lowest BCUT2D eigenvalue weighted by atomic mass is 10.1. The molecule has 0 saturated heterocycles. The molecule has 0 saturated carbocycles. The summed E-state index contributed by atoms with van der Waals surface area (Å²) in [6.07, 6.45) is 3.70. The van der Waals surface area contributed by atoms with E-state index in [2.05, 4.69) is 20.6 Å². The molecule has 0 aliphatic rings. The van der Waals surface area contributed by atoms with Gasteiger partial charge in [0.2, 0.25) is 0 Å². The molecule has 0 bridgehead atoms. The molecular weight excluding hydrogens is 258 g/mol. The van der Waals surface area contributed by atoms with Gasteiger partial charge in [0.05, 0.1) is 18.4 Å². The molecule has 2 N–H and O–H groups in total. The highest BCUT2D eigenvalue weighted by Crippen LogP contribution is 2.18. The number of nitrogens with one attached hydrogen (secondary N) is 1. The number of hydrogen-bond acceptors (Lipinski definition) is 5. The molecule has 0 radical (unpaired) electrons.